The van der Waals surface area contributed by atoms with Gasteiger partial charge in [0.1, 0.15) is 5.75 Å². The predicted molar refractivity (Wildman–Crippen MR) is 87.3 cm³/mol. The summed E-state index contributed by atoms with van der Waals surface area (Å²) in [4.78, 5) is 13.2. The molecule has 4 rings (SSSR count). The zero-order valence-corrected chi connectivity index (χ0v) is 13.0. The molecule has 0 saturated carbocycles. The second-order valence-electron chi connectivity index (χ2n) is 6.16. The molecule has 4 heteroatoms. The van der Waals surface area contributed by atoms with Crippen LogP contribution in [0.4, 0.5) is 0 Å². The van der Waals surface area contributed by atoms with Crippen molar-refractivity contribution < 1.29 is 9.53 Å². The number of ether oxygens (including phenoxy) is 1. The molecule has 0 radical (unpaired) electrons. The van der Waals surface area contributed by atoms with Crippen molar-refractivity contribution in [3.8, 4) is 5.75 Å². The molecule has 0 amide bonds. The molecule has 0 saturated heterocycles. The zero-order chi connectivity index (χ0) is 15.9. The van der Waals surface area contributed by atoms with Gasteiger partial charge >= 0.3 is 0 Å². The van der Waals surface area contributed by atoms with E-state index in [1.165, 1.54) is 0 Å². The monoisotopic (exact) mass is 306 g/mol. The summed E-state index contributed by atoms with van der Waals surface area (Å²) >= 11 is 0. The lowest BCUT2D eigenvalue weighted by Gasteiger charge is -2.34. The molecular weight excluding hydrogens is 288 g/mol. The third kappa shape index (κ3) is 2.09. The van der Waals surface area contributed by atoms with E-state index in [0.717, 1.165) is 35.3 Å². The molecule has 23 heavy (non-hydrogen) atoms. The Morgan fingerprint density at radius 1 is 1.13 bits per heavy atom. The second kappa shape index (κ2) is 5.30. The molecule has 2 unspecified atom stereocenters. The molecule has 1 spiro atoms. The molecule has 116 valence electrons. The number of rotatable bonds is 2. The number of azo groups is 1. The van der Waals surface area contributed by atoms with E-state index in [1.807, 2.05) is 48.5 Å². The number of nitrogens with zero attached hydrogens (tertiary/aromatic N) is 2. The Balaban J connectivity index is 1.74. The van der Waals surface area contributed by atoms with Gasteiger partial charge in [-0.1, -0.05) is 36.4 Å². The molecule has 0 N–H and O–H groups in total. The standard InChI is InChI=1S/C19H18N2O2/c1-23-15-8-6-14(7-9-15)17-12-20-21-19(17)11-10-13-4-2-3-5-16(13)18(19)22/h2-9,17H,10-12H2,1H3. The minimum absolute atomic E-state index is 0.00858. The van der Waals surface area contributed by atoms with Crippen LogP contribution in [0.1, 0.15) is 33.8 Å². The Morgan fingerprint density at radius 2 is 1.91 bits per heavy atom. The number of carbonyl (C=O) groups excluding carboxylic acids is 1. The van der Waals surface area contributed by atoms with E-state index < -0.39 is 5.54 Å². The van der Waals surface area contributed by atoms with Crippen LogP contribution in [-0.2, 0) is 6.42 Å². The molecule has 2 atom stereocenters. The van der Waals surface area contributed by atoms with Crippen LogP contribution in [0.5, 0.6) is 5.75 Å². The van der Waals surface area contributed by atoms with Gasteiger partial charge in [0.05, 0.1) is 13.7 Å². The fourth-order valence-corrected chi connectivity index (χ4v) is 3.75. The van der Waals surface area contributed by atoms with Crippen molar-refractivity contribution in [2.45, 2.75) is 24.3 Å². The van der Waals surface area contributed by atoms with E-state index in [0.29, 0.717) is 6.54 Å². The summed E-state index contributed by atoms with van der Waals surface area (Å²) in [6.07, 6.45) is 1.59. The predicted octanol–water partition coefficient (Wildman–Crippen LogP) is 3.81. The lowest BCUT2D eigenvalue weighted by Crippen LogP contribution is -2.44. The molecule has 2 aliphatic rings. The quantitative estimate of drug-likeness (QED) is 0.847. The van der Waals surface area contributed by atoms with Gasteiger partial charge < -0.3 is 4.74 Å². The highest BCUT2D eigenvalue weighted by Crippen LogP contribution is 2.45. The SMILES string of the molecule is COc1ccc(C2CN=NC23CCc2ccccc2C3=O)cc1. The van der Waals surface area contributed by atoms with E-state index in [9.17, 15) is 4.79 Å². The molecule has 0 bridgehead atoms. The number of carbonyl (C=O) groups is 1. The van der Waals surface area contributed by atoms with E-state index >= 15 is 0 Å². The largest absolute Gasteiger partial charge is 0.497 e. The molecule has 2 aromatic carbocycles. The van der Waals surface area contributed by atoms with E-state index in [1.54, 1.807) is 7.11 Å². The highest BCUT2D eigenvalue weighted by Gasteiger charge is 2.52. The lowest BCUT2D eigenvalue weighted by atomic mass is 9.68. The number of benzene rings is 2. The third-order valence-electron chi connectivity index (χ3n) is 5.04. The van der Waals surface area contributed by atoms with Crippen molar-refractivity contribution in [2.75, 3.05) is 13.7 Å². The van der Waals surface area contributed by atoms with Crippen molar-refractivity contribution in [1.29, 1.82) is 0 Å². The van der Waals surface area contributed by atoms with Gasteiger partial charge in [0.15, 0.2) is 11.3 Å². The number of ketones is 1. The number of methoxy groups -OCH3 is 1. The first kappa shape index (κ1) is 14.1. The Labute approximate surface area is 135 Å². The molecule has 2 aromatic rings. The Hall–Kier alpha value is -2.49. The molecule has 1 heterocycles. The van der Waals surface area contributed by atoms with Crippen molar-refractivity contribution in [2.24, 2.45) is 10.2 Å². The van der Waals surface area contributed by atoms with Gasteiger partial charge in [0.2, 0.25) is 0 Å². The topological polar surface area (TPSA) is 51.0 Å². The molecular formula is C19H18N2O2. The number of hydrogen-bond donors (Lipinski definition) is 0. The first-order valence-electron chi connectivity index (χ1n) is 7.90. The number of hydrogen-bond acceptors (Lipinski definition) is 4. The third-order valence-corrected chi connectivity index (χ3v) is 5.04. The van der Waals surface area contributed by atoms with Crippen molar-refractivity contribution in [1.82, 2.24) is 0 Å². The van der Waals surface area contributed by atoms with Gasteiger partial charge in [-0.2, -0.15) is 10.2 Å². The smallest absolute Gasteiger partial charge is 0.193 e. The maximum Gasteiger partial charge on any atom is 0.193 e. The van der Waals surface area contributed by atoms with Gasteiger partial charge in [-0.25, -0.2) is 0 Å². The molecule has 0 fully saturated rings. The van der Waals surface area contributed by atoms with Crippen molar-refractivity contribution in [3.63, 3.8) is 0 Å². The summed E-state index contributed by atoms with van der Waals surface area (Å²) in [5.74, 6) is 0.936. The van der Waals surface area contributed by atoms with Crippen molar-refractivity contribution in [3.05, 3.63) is 65.2 Å². The van der Waals surface area contributed by atoms with Gasteiger partial charge in [0, 0.05) is 11.5 Å². The van der Waals surface area contributed by atoms with Crippen LogP contribution < -0.4 is 4.74 Å². The van der Waals surface area contributed by atoms with Crippen molar-refractivity contribution >= 4 is 5.78 Å². The minimum Gasteiger partial charge on any atom is -0.497 e. The first-order chi connectivity index (χ1) is 11.2. The fraction of sp³-hybridized carbons (Fsp3) is 0.316. The van der Waals surface area contributed by atoms with Crippen LogP contribution >= 0.6 is 0 Å². The maximum absolute atomic E-state index is 13.2. The molecule has 4 nitrogen and oxygen atoms in total. The van der Waals surface area contributed by atoms with E-state index in [-0.39, 0.29) is 11.7 Å². The second-order valence-corrected chi connectivity index (χ2v) is 6.16. The molecule has 0 aromatic heterocycles. The van der Waals surface area contributed by atoms with E-state index in [4.69, 9.17) is 4.74 Å². The van der Waals surface area contributed by atoms with Crippen LogP contribution in [0.25, 0.3) is 0 Å². The summed E-state index contributed by atoms with van der Waals surface area (Å²) in [5.41, 5.74) is 2.29. The Morgan fingerprint density at radius 3 is 2.70 bits per heavy atom. The summed E-state index contributed by atoms with van der Waals surface area (Å²) in [6, 6.07) is 15.8. The Bertz CT molecular complexity index is 782. The Kier molecular flexibility index (Phi) is 3.26. The highest BCUT2D eigenvalue weighted by molar-refractivity contribution is 6.06. The average Bonchev–Trinajstić information content (AvgIpc) is 3.03. The summed E-state index contributed by atoms with van der Waals surface area (Å²) < 4.78 is 5.22. The van der Waals surface area contributed by atoms with Crippen LogP contribution in [0.15, 0.2) is 58.8 Å². The van der Waals surface area contributed by atoms with Gasteiger partial charge in [-0.3, -0.25) is 4.79 Å². The summed E-state index contributed by atoms with van der Waals surface area (Å²) in [7, 11) is 1.65. The van der Waals surface area contributed by atoms with Gasteiger partial charge in [-0.15, -0.1) is 0 Å². The van der Waals surface area contributed by atoms with Crippen LogP contribution in [0.2, 0.25) is 0 Å². The maximum atomic E-state index is 13.2. The zero-order valence-electron chi connectivity index (χ0n) is 13.0. The van der Waals surface area contributed by atoms with Gasteiger partial charge in [0.25, 0.3) is 0 Å². The minimum atomic E-state index is -0.733. The average molecular weight is 306 g/mol. The summed E-state index contributed by atoms with van der Waals surface area (Å²) in [6.45, 7) is 0.570. The van der Waals surface area contributed by atoms with Crippen LogP contribution in [0.3, 0.4) is 0 Å². The fourth-order valence-electron chi connectivity index (χ4n) is 3.75. The first-order valence-corrected chi connectivity index (χ1v) is 7.90. The molecule has 1 aliphatic carbocycles. The van der Waals surface area contributed by atoms with Gasteiger partial charge in [-0.05, 0) is 36.1 Å². The summed E-state index contributed by atoms with van der Waals surface area (Å²) in [5, 5.41) is 8.71. The van der Waals surface area contributed by atoms with Crippen LogP contribution in [0, 0.1) is 0 Å². The number of aryl methyl sites for hydroxylation is 1. The van der Waals surface area contributed by atoms with Crippen LogP contribution in [-0.4, -0.2) is 25.0 Å². The molecule has 1 aliphatic heterocycles. The number of Topliss-reactive ketones (excluding diaryl/α,β-unsaturated/α-hetero) is 1. The normalized spacial score (nSPS) is 25.6. The number of fused-ring (bicyclic) bond motifs is 1. The van der Waals surface area contributed by atoms with E-state index in [2.05, 4.69) is 10.2 Å². The lowest BCUT2D eigenvalue weighted by molar-refractivity contribution is 0.0853. The highest BCUT2D eigenvalue weighted by atomic mass is 16.5.